The Labute approximate surface area is 182 Å². The molecular weight excluding hydrogens is 425 g/mol. The average Bonchev–Trinajstić information content (AvgIpc) is 3.20. The Balaban J connectivity index is 1.37. The zero-order valence-corrected chi connectivity index (χ0v) is 17.1. The minimum absolute atomic E-state index is 0.0338. The Morgan fingerprint density at radius 2 is 1.69 bits per heavy atom. The molecule has 0 bridgehead atoms. The lowest BCUT2D eigenvalue weighted by Gasteiger charge is -2.35. The Morgan fingerprint density at radius 3 is 2.34 bits per heavy atom. The number of nitrogens with zero attached hydrogens (tertiary/aromatic N) is 4. The summed E-state index contributed by atoms with van der Waals surface area (Å²) in [4.78, 5) is 46.4. The molecule has 1 aromatic carbocycles. The number of amides is 3. The highest BCUT2D eigenvalue weighted by Gasteiger charge is 2.39. The summed E-state index contributed by atoms with van der Waals surface area (Å²) >= 11 is 0. The number of hydrogen-bond donors (Lipinski definition) is 0. The van der Waals surface area contributed by atoms with Gasteiger partial charge in [0.2, 0.25) is 11.8 Å². The van der Waals surface area contributed by atoms with Crippen molar-refractivity contribution in [3.8, 4) is 0 Å². The van der Waals surface area contributed by atoms with E-state index in [-0.39, 0.29) is 36.4 Å². The molecule has 0 radical (unpaired) electrons. The van der Waals surface area contributed by atoms with Crippen LogP contribution in [0.5, 0.6) is 0 Å². The van der Waals surface area contributed by atoms with E-state index in [0.29, 0.717) is 31.9 Å². The second-order valence-electron chi connectivity index (χ2n) is 7.79. The van der Waals surface area contributed by atoms with E-state index >= 15 is 0 Å². The molecule has 2 aromatic rings. The molecule has 2 saturated heterocycles. The highest BCUT2D eigenvalue weighted by Crippen LogP contribution is 2.33. The minimum atomic E-state index is -4.51. The normalized spacial score (nSPS) is 19.4. The average molecular weight is 446 g/mol. The van der Waals surface area contributed by atoms with Crippen LogP contribution < -0.4 is 4.90 Å². The minimum Gasteiger partial charge on any atom is -0.339 e. The first-order chi connectivity index (χ1) is 15.2. The third-order valence-corrected chi connectivity index (χ3v) is 5.72. The van der Waals surface area contributed by atoms with Gasteiger partial charge in [0.1, 0.15) is 5.69 Å². The SMILES string of the molecule is O=C(c1ccccn1)N1CCN(C(=O)[C@@H]2CC(=O)N(c3cccc(C(F)(F)F)c3)C2)CC1. The summed E-state index contributed by atoms with van der Waals surface area (Å²) in [6, 6.07) is 9.63. The van der Waals surface area contributed by atoms with Crippen molar-refractivity contribution in [1.82, 2.24) is 14.8 Å². The van der Waals surface area contributed by atoms with Gasteiger partial charge in [-0.15, -0.1) is 0 Å². The van der Waals surface area contributed by atoms with Crippen LogP contribution in [0.25, 0.3) is 0 Å². The topological polar surface area (TPSA) is 73.8 Å². The van der Waals surface area contributed by atoms with Crippen LogP contribution in [0.2, 0.25) is 0 Å². The lowest BCUT2D eigenvalue weighted by molar-refractivity contribution is -0.138. The van der Waals surface area contributed by atoms with Crippen molar-refractivity contribution < 1.29 is 27.6 Å². The number of hydrogen-bond acceptors (Lipinski definition) is 4. The first-order valence-corrected chi connectivity index (χ1v) is 10.2. The number of pyridine rings is 1. The number of aromatic nitrogens is 1. The van der Waals surface area contributed by atoms with Crippen LogP contribution in [0.4, 0.5) is 18.9 Å². The molecule has 2 aliphatic rings. The van der Waals surface area contributed by atoms with Gasteiger partial charge in [-0.05, 0) is 30.3 Å². The van der Waals surface area contributed by atoms with E-state index in [2.05, 4.69) is 4.98 Å². The number of benzene rings is 1. The van der Waals surface area contributed by atoms with Gasteiger partial charge in [0.05, 0.1) is 11.5 Å². The van der Waals surface area contributed by atoms with Gasteiger partial charge in [-0.25, -0.2) is 0 Å². The van der Waals surface area contributed by atoms with E-state index in [9.17, 15) is 27.6 Å². The molecule has 10 heteroatoms. The summed E-state index contributed by atoms with van der Waals surface area (Å²) in [5.74, 6) is -1.44. The summed E-state index contributed by atoms with van der Waals surface area (Å²) in [7, 11) is 0. The number of piperazine rings is 1. The van der Waals surface area contributed by atoms with Crippen molar-refractivity contribution in [3.05, 3.63) is 59.9 Å². The van der Waals surface area contributed by atoms with Crippen LogP contribution in [-0.4, -0.2) is 65.2 Å². The number of alkyl halides is 3. The third-order valence-electron chi connectivity index (χ3n) is 5.72. The lowest BCUT2D eigenvalue weighted by Crippen LogP contribution is -2.52. The van der Waals surface area contributed by atoms with Crippen molar-refractivity contribution in [1.29, 1.82) is 0 Å². The first kappa shape index (κ1) is 21.8. The Bertz CT molecular complexity index is 1020. The monoisotopic (exact) mass is 446 g/mol. The lowest BCUT2D eigenvalue weighted by atomic mass is 10.1. The molecule has 7 nitrogen and oxygen atoms in total. The third kappa shape index (κ3) is 4.44. The zero-order chi connectivity index (χ0) is 22.9. The molecule has 0 N–H and O–H groups in total. The molecule has 1 atom stereocenters. The van der Waals surface area contributed by atoms with Crippen LogP contribution in [0.15, 0.2) is 48.7 Å². The van der Waals surface area contributed by atoms with Crippen molar-refractivity contribution >= 4 is 23.4 Å². The van der Waals surface area contributed by atoms with E-state index in [1.54, 1.807) is 34.2 Å². The van der Waals surface area contributed by atoms with Gasteiger partial charge in [0, 0.05) is 51.0 Å². The van der Waals surface area contributed by atoms with Crippen molar-refractivity contribution in [2.24, 2.45) is 5.92 Å². The van der Waals surface area contributed by atoms with Gasteiger partial charge < -0.3 is 14.7 Å². The van der Waals surface area contributed by atoms with Gasteiger partial charge >= 0.3 is 6.18 Å². The Kier molecular flexibility index (Phi) is 5.86. The molecular formula is C22H21F3N4O3. The predicted octanol–water partition coefficient (Wildman–Crippen LogP) is 2.44. The zero-order valence-electron chi connectivity index (χ0n) is 17.1. The molecule has 0 saturated carbocycles. The molecule has 0 aliphatic carbocycles. The van der Waals surface area contributed by atoms with E-state index in [4.69, 9.17) is 0 Å². The van der Waals surface area contributed by atoms with Crippen molar-refractivity contribution in [3.63, 3.8) is 0 Å². The fourth-order valence-corrected chi connectivity index (χ4v) is 4.01. The number of halogens is 3. The fourth-order valence-electron chi connectivity index (χ4n) is 4.01. The van der Waals surface area contributed by atoms with E-state index in [1.807, 2.05) is 0 Å². The highest BCUT2D eigenvalue weighted by molar-refractivity contribution is 6.00. The largest absolute Gasteiger partial charge is 0.416 e. The standard InChI is InChI=1S/C22H21F3N4O3/c23-22(24,25)16-4-3-5-17(13-16)29-14-15(12-19(29)30)20(31)27-8-10-28(11-9-27)21(32)18-6-1-2-7-26-18/h1-7,13,15H,8-12,14H2/t15-/m1/s1. The number of carbonyl (C=O) groups is 3. The maximum atomic E-state index is 13.0. The van der Waals surface area contributed by atoms with E-state index in [1.165, 1.54) is 17.0 Å². The van der Waals surface area contributed by atoms with Gasteiger partial charge in [0.15, 0.2) is 0 Å². The molecule has 4 rings (SSSR count). The summed E-state index contributed by atoms with van der Waals surface area (Å²) in [6.45, 7) is 1.38. The van der Waals surface area contributed by atoms with E-state index < -0.39 is 17.7 Å². The van der Waals surface area contributed by atoms with Gasteiger partial charge in [-0.3, -0.25) is 19.4 Å². The summed E-state index contributed by atoms with van der Waals surface area (Å²) in [6.07, 6.45) is -3.02. The molecule has 0 unspecified atom stereocenters. The number of rotatable bonds is 3. The summed E-state index contributed by atoms with van der Waals surface area (Å²) < 4.78 is 39.0. The maximum Gasteiger partial charge on any atom is 0.416 e. The first-order valence-electron chi connectivity index (χ1n) is 10.2. The van der Waals surface area contributed by atoms with E-state index in [0.717, 1.165) is 12.1 Å². The molecule has 32 heavy (non-hydrogen) atoms. The molecule has 2 aliphatic heterocycles. The Morgan fingerprint density at radius 1 is 0.969 bits per heavy atom. The molecule has 3 amide bonds. The molecule has 1 aromatic heterocycles. The smallest absolute Gasteiger partial charge is 0.339 e. The van der Waals surface area contributed by atoms with Crippen LogP contribution in [0.1, 0.15) is 22.5 Å². The van der Waals surface area contributed by atoms with Crippen LogP contribution >= 0.6 is 0 Å². The van der Waals surface area contributed by atoms with Crippen molar-refractivity contribution in [2.45, 2.75) is 12.6 Å². The van der Waals surface area contributed by atoms with Crippen molar-refractivity contribution in [2.75, 3.05) is 37.6 Å². The Hall–Kier alpha value is -3.43. The number of anilines is 1. The molecule has 2 fully saturated rings. The van der Waals surface area contributed by atoms with Gasteiger partial charge in [-0.2, -0.15) is 13.2 Å². The van der Waals surface area contributed by atoms with Gasteiger partial charge in [-0.1, -0.05) is 12.1 Å². The second-order valence-corrected chi connectivity index (χ2v) is 7.79. The fraction of sp³-hybridized carbons (Fsp3) is 0.364. The van der Waals surface area contributed by atoms with Gasteiger partial charge in [0.25, 0.3) is 5.91 Å². The predicted molar refractivity (Wildman–Crippen MR) is 109 cm³/mol. The van der Waals surface area contributed by atoms with Crippen LogP contribution in [0.3, 0.4) is 0 Å². The maximum absolute atomic E-state index is 13.0. The number of carbonyl (C=O) groups excluding carboxylic acids is 3. The highest BCUT2D eigenvalue weighted by atomic mass is 19.4. The molecule has 0 spiro atoms. The second kappa shape index (κ2) is 8.60. The summed E-state index contributed by atoms with van der Waals surface area (Å²) in [5, 5.41) is 0. The van der Waals surface area contributed by atoms with Crippen LogP contribution in [0, 0.1) is 5.92 Å². The summed E-state index contributed by atoms with van der Waals surface area (Å²) in [5.41, 5.74) is -0.373. The quantitative estimate of drug-likeness (QED) is 0.726. The molecule has 3 heterocycles. The van der Waals surface area contributed by atoms with Crippen LogP contribution in [-0.2, 0) is 15.8 Å². The molecule has 168 valence electrons.